The summed E-state index contributed by atoms with van der Waals surface area (Å²) in [5, 5.41) is 9.83. The van der Waals surface area contributed by atoms with E-state index in [0.29, 0.717) is 18.8 Å². The maximum Gasteiger partial charge on any atom is 0.335 e. The third kappa shape index (κ3) is 5.62. The summed E-state index contributed by atoms with van der Waals surface area (Å²) in [7, 11) is 1.46. The van der Waals surface area contributed by atoms with E-state index in [1.165, 1.54) is 30.9 Å². The van der Waals surface area contributed by atoms with E-state index in [-0.39, 0.29) is 23.8 Å². The fourth-order valence-corrected chi connectivity index (χ4v) is 3.28. The van der Waals surface area contributed by atoms with E-state index in [1.807, 2.05) is 24.3 Å². The summed E-state index contributed by atoms with van der Waals surface area (Å²) in [6.45, 7) is 3.41. The molecule has 1 N–H and O–H groups in total. The second-order valence-electron chi connectivity index (χ2n) is 6.74. The van der Waals surface area contributed by atoms with Crippen LogP contribution < -0.4 is 9.47 Å². The fraction of sp³-hybridized carbons (Fsp3) is 0.333. The van der Waals surface area contributed by atoms with E-state index < -0.39 is 5.97 Å². The summed E-state index contributed by atoms with van der Waals surface area (Å²) < 4.78 is 10.7. The monoisotopic (exact) mass is 418 g/mol. The van der Waals surface area contributed by atoms with Gasteiger partial charge in [-0.05, 0) is 35.9 Å². The van der Waals surface area contributed by atoms with Crippen molar-refractivity contribution in [2.24, 2.45) is 0 Å². The molecule has 1 aliphatic heterocycles. The smallest absolute Gasteiger partial charge is 0.335 e. The summed E-state index contributed by atoms with van der Waals surface area (Å²) in [5.74, 6) is -0.586. The van der Waals surface area contributed by atoms with Gasteiger partial charge in [0.15, 0.2) is 18.1 Å². The van der Waals surface area contributed by atoms with Gasteiger partial charge in [-0.15, -0.1) is 0 Å². The van der Waals surface area contributed by atoms with Crippen LogP contribution in [-0.4, -0.2) is 66.7 Å². The number of carbonyl (C=O) groups is 2. The molecule has 1 heterocycles. The maximum absolute atomic E-state index is 12.5. The number of aromatic carboxylic acids is 1. The van der Waals surface area contributed by atoms with Crippen LogP contribution >= 0.6 is 11.6 Å². The molecule has 3 rings (SSSR count). The number of benzene rings is 2. The molecule has 154 valence electrons. The summed E-state index contributed by atoms with van der Waals surface area (Å²) in [6, 6.07) is 12.1. The molecule has 0 aromatic heterocycles. The molecule has 0 aliphatic carbocycles. The highest BCUT2D eigenvalue weighted by atomic mass is 35.5. The van der Waals surface area contributed by atoms with Crippen LogP contribution in [-0.2, 0) is 11.3 Å². The molecule has 1 aliphatic rings. The summed E-state index contributed by atoms with van der Waals surface area (Å²) in [6.07, 6.45) is 0. The van der Waals surface area contributed by atoms with E-state index in [9.17, 15) is 9.59 Å². The molecular weight excluding hydrogens is 396 g/mol. The number of ether oxygens (including phenoxy) is 2. The zero-order chi connectivity index (χ0) is 20.8. The number of methoxy groups -OCH3 is 1. The average Bonchev–Trinajstić information content (AvgIpc) is 2.74. The van der Waals surface area contributed by atoms with E-state index in [4.69, 9.17) is 26.2 Å². The zero-order valence-corrected chi connectivity index (χ0v) is 16.9. The predicted octanol–water partition coefficient (Wildman–Crippen LogP) is 2.77. The number of carboxylic acids is 1. The fourth-order valence-electron chi connectivity index (χ4n) is 3.16. The van der Waals surface area contributed by atoms with Gasteiger partial charge in [0.05, 0.1) is 12.7 Å². The Kier molecular flexibility index (Phi) is 6.95. The second kappa shape index (κ2) is 9.62. The summed E-state index contributed by atoms with van der Waals surface area (Å²) in [4.78, 5) is 27.7. The standard InChI is InChI=1S/C21H23ClN2O5/c1-28-18-7-4-16(21(26)27)12-19(18)29-14-20(25)24-10-8-23(9-11-24)13-15-2-5-17(22)6-3-15/h2-7,12H,8-11,13-14H2,1H3,(H,26,27). The first-order valence-electron chi connectivity index (χ1n) is 9.25. The second-order valence-corrected chi connectivity index (χ2v) is 7.18. The molecule has 0 saturated carbocycles. The van der Waals surface area contributed by atoms with Crippen molar-refractivity contribution in [1.29, 1.82) is 0 Å². The van der Waals surface area contributed by atoms with Gasteiger partial charge in [0.1, 0.15) is 0 Å². The molecule has 7 nitrogen and oxygen atoms in total. The number of amides is 1. The molecule has 0 radical (unpaired) electrons. The molecule has 2 aromatic carbocycles. The minimum absolute atomic E-state index is 0.0732. The van der Waals surface area contributed by atoms with Crippen molar-refractivity contribution in [3.05, 3.63) is 58.6 Å². The van der Waals surface area contributed by atoms with E-state index >= 15 is 0 Å². The third-order valence-corrected chi connectivity index (χ3v) is 5.06. The number of carbonyl (C=O) groups excluding carboxylic acids is 1. The molecular formula is C21H23ClN2O5. The maximum atomic E-state index is 12.5. The van der Waals surface area contributed by atoms with Crippen LogP contribution in [0.3, 0.4) is 0 Å². The highest BCUT2D eigenvalue weighted by Gasteiger charge is 2.22. The van der Waals surface area contributed by atoms with Gasteiger partial charge >= 0.3 is 5.97 Å². The van der Waals surface area contributed by atoms with E-state index in [2.05, 4.69) is 4.90 Å². The van der Waals surface area contributed by atoms with Crippen molar-refractivity contribution in [1.82, 2.24) is 9.80 Å². The van der Waals surface area contributed by atoms with Gasteiger partial charge < -0.3 is 19.5 Å². The first-order chi connectivity index (χ1) is 14.0. The first kappa shape index (κ1) is 21.0. The van der Waals surface area contributed by atoms with Gasteiger partial charge in [-0.25, -0.2) is 4.79 Å². The van der Waals surface area contributed by atoms with Gasteiger partial charge in [0.25, 0.3) is 5.91 Å². The van der Waals surface area contributed by atoms with Crippen molar-refractivity contribution in [2.75, 3.05) is 39.9 Å². The molecule has 0 spiro atoms. The average molecular weight is 419 g/mol. The summed E-state index contributed by atoms with van der Waals surface area (Å²) in [5.41, 5.74) is 1.26. The molecule has 2 aromatic rings. The SMILES string of the molecule is COc1ccc(C(=O)O)cc1OCC(=O)N1CCN(Cc2ccc(Cl)cc2)CC1. The third-order valence-electron chi connectivity index (χ3n) is 4.81. The molecule has 0 unspecified atom stereocenters. The predicted molar refractivity (Wildman–Crippen MR) is 109 cm³/mol. The van der Waals surface area contributed by atoms with Gasteiger partial charge in [-0.2, -0.15) is 0 Å². The van der Waals surface area contributed by atoms with Crippen LogP contribution in [0.4, 0.5) is 0 Å². The van der Waals surface area contributed by atoms with Crippen LogP contribution in [0.5, 0.6) is 11.5 Å². The lowest BCUT2D eigenvalue weighted by molar-refractivity contribution is -0.135. The van der Waals surface area contributed by atoms with Gasteiger partial charge in [-0.3, -0.25) is 9.69 Å². The topological polar surface area (TPSA) is 79.3 Å². The summed E-state index contributed by atoms with van der Waals surface area (Å²) >= 11 is 5.92. The van der Waals surface area contributed by atoms with Crippen molar-refractivity contribution in [3.8, 4) is 11.5 Å². The minimum Gasteiger partial charge on any atom is -0.493 e. The largest absolute Gasteiger partial charge is 0.493 e. The van der Waals surface area contributed by atoms with Crippen molar-refractivity contribution >= 4 is 23.5 Å². The molecule has 8 heteroatoms. The number of piperazine rings is 1. The Morgan fingerprint density at radius 3 is 2.34 bits per heavy atom. The van der Waals surface area contributed by atoms with Crippen LogP contribution in [0, 0.1) is 0 Å². The number of nitrogens with zero attached hydrogens (tertiary/aromatic N) is 2. The van der Waals surface area contributed by atoms with Gasteiger partial charge in [0.2, 0.25) is 0 Å². The lowest BCUT2D eigenvalue weighted by Gasteiger charge is -2.34. The lowest BCUT2D eigenvalue weighted by Crippen LogP contribution is -2.49. The minimum atomic E-state index is -1.07. The normalized spacial score (nSPS) is 14.5. The van der Waals surface area contributed by atoms with Gasteiger partial charge in [-0.1, -0.05) is 23.7 Å². The lowest BCUT2D eigenvalue weighted by atomic mass is 10.2. The Labute approximate surface area is 174 Å². The Balaban J connectivity index is 1.50. The van der Waals surface area contributed by atoms with Crippen LogP contribution in [0.1, 0.15) is 15.9 Å². The van der Waals surface area contributed by atoms with E-state index in [1.54, 1.807) is 4.90 Å². The number of hydrogen-bond donors (Lipinski definition) is 1. The van der Waals surface area contributed by atoms with Crippen molar-refractivity contribution < 1.29 is 24.2 Å². The van der Waals surface area contributed by atoms with Crippen LogP contribution in [0.15, 0.2) is 42.5 Å². The number of hydrogen-bond acceptors (Lipinski definition) is 5. The number of carboxylic acid groups (broad SMARTS) is 1. The molecule has 1 saturated heterocycles. The van der Waals surface area contributed by atoms with Crippen LogP contribution in [0.2, 0.25) is 5.02 Å². The molecule has 0 bridgehead atoms. The Bertz CT molecular complexity index is 864. The number of rotatable bonds is 7. The Morgan fingerprint density at radius 2 is 1.72 bits per heavy atom. The highest BCUT2D eigenvalue weighted by Crippen LogP contribution is 2.28. The molecule has 1 fully saturated rings. The van der Waals surface area contributed by atoms with E-state index in [0.717, 1.165) is 24.7 Å². The molecule has 0 atom stereocenters. The van der Waals surface area contributed by atoms with Gasteiger partial charge in [0, 0.05) is 37.7 Å². The Morgan fingerprint density at radius 1 is 1.03 bits per heavy atom. The van der Waals surface area contributed by atoms with Crippen molar-refractivity contribution in [3.63, 3.8) is 0 Å². The number of halogens is 1. The Hall–Kier alpha value is -2.77. The van der Waals surface area contributed by atoms with Crippen molar-refractivity contribution in [2.45, 2.75) is 6.54 Å². The highest BCUT2D eigenvalue weighted by molar-refractivity contribution is 6.30. The molecule has 1 amide bonds. The zero-order valence-electron chi connectivity index (χ0n) is 16.1. The molecule has 29 heavy (non-hydrogen) atoms. The van der Waals surface area contributed by atoms with Crippen LogP contribution in [0.25, 0.3) is 0 Å². The first-order valence-corrected chi connectivity index (χ1v) is 9.63. The quantitative estimate of drug-likeness (QED) is 0.744.